The third kappa shape index (κ3) is 2.52. The van der Waals surface area contributed by atoms with Crippen molar-refractivity contribution in [1.82, 2.24) is 9.88 Å². The second-order valence-electron chi connectivity index (χ2n) is 7.50. The highest BCUT2D eigenvalue weighted by Crippen LogP contribution is 2.48. The summed E-state index contributed by atoms with van der Waals surface area (Å²) in [7, 11) is 1.69. The lowest BCUT2D eigenvalue weighted by Crippen LogP contribution is -2.64. The number of para-hydroxylation sites is 1. The zero-order chi connectivity index (χ0) is 19.3. The van der Waals surface area contributed by atoms with Gasteiger partial charge in [-0.25, -0.2) is 0 Å². The molecule has 1 amide bonds. The van der Waals surface area contributed by atoms with Crippen LogP contribution in [0.5, 0.6) is 0 Å². The summed E-state index contributed by atoms with van der Waals surface area (Å²) in [5, 5.41) is 2.19. The number of benzene rings is 2. The number of hydrogen-bond acceptors (Lipinski definition) is 4. The zero-order valence-electron chi connectivity index (χ0n) is 15.6. The minimum Gasteiger partial charge on any atom is -0.369 e. The van der Waals surface area contributed by atoms with Crippen molar-refractivity contribution in [1.29, 1.82) is 0 Å². The van der Waals surface area contributed by atoms with Crippen molar-refractivity contribution in [3.8, 4) is 0 Å². The van der Waals surface area contributed by atoms with Crippen LogP contribution < -0.4 is 4.90 Å². The van der Waals surface area contributed by atoms with Crippen molar-refractivity contribution in [2.24, 2.45) is 0 Å². The maximum atomic E-state index is 13.5. The number of carbonyl (C=O) groups excluding carboxylic acids is 1. The molecule has 0 atom stereocenters. The van der Waals surface area contributed by atoms with E-state index in [1.807, 2.05) is 47.5 Å². The number of carbonyl (C=O) groups is 1. The smallest absolute Gasteiger partial charge is 0.240 e. The van der Waals surface area contributed by atoms with Crippen LogP contribution in [0.15, 0.2) is 59.2 Å². The van der Waals surface area contributed by atoms with E-state index in [1.165, 1.54) is 0 Å². The number of ether oxygens (including phenoxy) is 1. The largest absolute Gasteiger partial charge is 0.369 e. The normalized spacial score (nSPS) is 17.9. The quantitative estimate of drug-likeness (QED) is 0.624. The molecule has 1 spiro atoms. The molecule has 142 valence electrons. The molecule has 28 heavy (non-hydrogen) atoms. The topological polar surface area (TPSA) is 45.7 Å². The lowest BCUT2D eigenvalue weighted by molar-refractivity contribution is -0.132. The molecule has 1 fully saturated rings. The van der Waals surface area contributed by atoms with Crippen LogP contribution in [0.1, 0.15) is 11.3 Å². The lowest BCUT2D eigenvalue weighted by Gasteiger charge is -2.46. The number of hydrogen-bond donors (Lipinski definition) is 0. The monoisotopic (exact) mass is 437 g/mol. The maximum absolute atomic E-state index is 13.5. The van der Waals surface area contributed by atoms with Crippen LogP contribution in [0.4, 0.5) is 5.69 Å². The molecular formula is C22H20BrN3O2. The molecule has 0 radical (unpaired) electrons. The summed E-state index contributed by atoms with van der Waals surface area (Å²) in [6.45, 7) is 2.39. The minimum absolute atomic E-state index is 0.155. The van der Waals surface area contributed by atoms with Gasteiger partial charge in [0.25, 0.3) is 0 Å². The summed E-state index contributed by atoms with van der Waals surface area (Å²) in [4.78, 5) is 22.2. The van der Waals surface area contributed by atoms with E-state index in [0.717, 1.165) is 32.2 Å². The average molecular weight is 438 g/mol. The van der Waals surface area contributed by atoms with E-state index >= 15 is 0 Å². The van der Waals surface area contributed by atoms with Gasteiger partial charge in [-0.15, -0.1) is 0 Å². The first-order valence-corrected chi connectivity index (χ1v) is 10.1. The van der Waals surface area contributed by atoms with E-state index in [1.54, 1.807) is 7.11 Å². The molecule has 0 unspecified atom stereocenters. The summed E-state index contributed by atoms with van der Waals surface area (Å²) in [5.74, 6) is 0.155. The van der Waals surface area contributed by atoms with Crippen molar-refractivity contribution >= 4 is 38.3 Å². The fraction of sp³-hybridized carbons (Fsp3) is 0.273. The SMILES string of the molecule is COCN1CC2(C1)C(=O)N(Cc1ncc3ccccc3c1Br)c1ccccc12. The number of nitrogens with zero attached hydrogens (tertiary/aromatic N) is 3. The van der Waals surface area contributed by atoms with Crippen LogP contribution in [0.2, 0.25) is 0 Å². The number of halogens is 1. The summed E-state index contributed by atoms with van der Waals surface area (Å²) >= 11 is 3.71. The fourth-order valence-electron chi connectivity index (χ4n) is 4.48. The van der Waals surface area contributed by atoms with Crippen LogP contribution in [0.25, 0.3) is 10.8 Å². The van der Waals surface area contributed by atoms with Gasteiger partial charge in [-0.2, -0.15) is 0 Å². The highest BCUT2D eigenvalue weighted by Gasteiger charge is 2.57. The molecule has 5 rings (SSSR count). The Balaban J connectivity index is 1.51. The number of pyridine rings is 1. The average Bonchev–Trinajstić information content (AvgIpc) is 2.93. The first-order chi connectivity index (χ1) is 13.6. The molecule has 3 aromatic rings. The van der Waals surface area contributed by atoms with E-state index in [2.05, 4.69) is 37.9 Å². The van der Waals surface area contributed by atoms with Gasteiger partial charge in [0.2, 0.25) is 5.91 Å². The van der Waals surface area contributed by atoms with Gasteiger partial charge in [0.1, 0.15) is 5.41 Å². The van der Waals surface area contributed by atoms with Crippen LogP contribution in [0.3, 0.4) is 0 Å². The van der Waals surface area contributed by atoms with Gasteiger partial charge in [0, 0.05) is 41.9 Å². The number of aromatic nitrogens is 1. The van der Waals surface area contributed by atoms with Crippen molar-refractivity contribution in [3.05, 3.63) is 70.5 Å². The third-order valence-electron chi connectivity index (χ3n) is 5.78. The zero-order valence-corrected chi connectivity index (χ0v) is 17.1. The van der Waals surface area contributed by atoms with Gasteiger partial charge < -0.3 is 9.64 Å². The Morgan fingerprint density at radius 1 is 1.14 bits per heavy atom. The van der Waals surface area contributed by atoms with E-state index < -0.39 is 5.41 Å². The third-order valence-corrected chi connectivity index (χ3v) is 6.67. The molecule has 3 heterocycles. The Morgan fingerprint density at radius 3 is 2.71 bits per heavy atom. The number of rotatable bonds is 4. The van der Waals surface area contributed by atoms with Crippen LogP contribution in [-0.4, -0.2) is 42.7 Å². The highest BCUT2D eigenvalue weighted by molar-refractivity contribution is 9.10. The standard InChI is InChI=1S/C22H20BrN3O2/c1-28-14-25-12-22(13-25)17-8-4-5-9-19(17)26(21(22)27)11-18-20(23)16-7-3-2-6-15(16)10-24-18/h2-10H,11-14H2,1H3. The van der Waals surface area contributed by atoms with Gasteiger partial charge in [0.05, 0.1) is 19.0 Å². The van der Waals surface area contributed by atoms with E-state index in [0.29, 0.717) is 26.4 Å². The van der Waals surface area contributed by atoms with Gasteiger partial charge in [-0.1, -0.05) is 42.5 Å². The molecule has 0 aliphatic carbocycles. The summed E-state index contributed by atoms with van der Waals surface area (Å²) in [6.07, 6.45) is 1.88. The number of amides is 1. The second-order valence-corrected chi connectivity index (χ2v) is 8.29. The molecule has 1 aromatic heterocycles. The molecule has 2 aliphatic heterocycles. The fourth-order valence-corrected chi connectivity index (χ4v) is 5.07. The summed E-state index contributed by atoms with van der Waals surface area (Å²) < 4.78 is 6.19. The number of anilines is 1. The van der Waals surface area contributed by atoms with Crippen LogP contribution in [-0.2, 0) is 21.5 Å². The molecule has 6 heteroatoms. The Kier molecular flexibility index (Phi) is 4.23. The Bertz CT molecular complexity index is 1080. The number of likely N-dealkylation sites (tertiary alicyclic amines) is 1. The van der Waals surface area contributed by atoms with Crippen LogP contribution >= 0.6 is 15.9 Å². The second kappa shape index (κ2) is 6.65. The molecule has 2 aromatic carbocycles. The van der Waals surface area contributed by atoms with Crippen LogP contribution in [0, 0.1) is 0 Å². The summed E-state index contributed by atoms with van der Waals surface area (Å²) in [6, 6.07) is 16.3. The Hall–Kier alpha value is -2.28. The number of methoxy groups -OCH3 is 1. The first kappa shape index (κ1) is 17.8. The summed E-state index contributed by atoms with van der Waals surface area (Å²) in [5.41, 5.74) is 2.51. The molecule has 0 bridgehead atoms. The van der Waals surface area contributed by atoms with Gasteiger partial charge in [0.15, 0.2) is 0 Å². The number of fused-ring (bicyclic) bond motifs is 3. The molecule has 5 nitrogen and oxygen atoms in total. The molecule has 0 saturated carbocycles. The van der Waals surface area contributed by atoms with E-state index in [-0.39, 0.29) is 5.91 Å². The van der Waals surface area contributed by atoms with Gasteiger partial charge in [-0.3, -0.25) is 14.7 Å². The highest BCUT2D eigenvalue weighted by atomic mass is 79.9. The molecule has 2 aliphatic rings. The first-order valence-electron chi connectivity index (χ1n) is 9.29. The van der Waals surface area contributed by atoms with E-state index in [9.17, 15) is 4.79 Å². The molecule has 0 N–H and O–H groups in total. The van der Waals surface area contributed by atoms with Crippen molar-refractivity contribution in [2.45, 2.75) is 12.0 Å². The van der Waals surface area contributed by atoms with Gasteiger partial charge >= 0.3 is 0 Å². The molecular weight excluding hydrogens is 418 g/mol. The van der Waals surface area contributed by atoms with Crippen molar-refractivity contribution < 1.29 is 9.53 Å². The van der Waals surface area contributed by atoms with E-state index in [4.69, 9.17) is 4.74 Å². The van der Waals surface area contributed by atoms with Crippen molar-refractivity contribution in [3.63, 3.8) is 0 Å². The minimum atomic E-state index is -0.460. The van der Waals surface area contributed by atoms with Gasteiger partial charge in [-0.05, 0) is 32.9 Å². The molecule has 1 saturated heterocycles. The lowest BCUT2D eigenvalue weighted by atomic mass is 9.75. The Labute approximate surface area is 172 Å². The maximum Gasteiger partial charge on any atom is 0.240 e. The Morgan fingerprint density at radius 2 is 1.89 bits per heavy atom. The predicted molar refractivity (Wildman–Crippen MR) is 112 cm³/mol. The van der Waals surface area contributed by atoms with Crippen molar-refractivity contribution in [2.75, 3.05) is 31.8 Å². The predicted octanol–water partition coefficient (Wildman–Crippen LogP) is 3.70.